The number of halogens is 3. The van der Waals surface area contributed by atoms with Crippen molar-refractivity contribution in [1.82, 2.24) is 5.32 Å². The van der Waals surface area contributed by atoms with Crippen LogP contribution in [-0.2, 0) is 0 Å². The molecular formula is C12H10F3N5. The molecule has 0 bridgehead atoms. The van der Waals surface area contributed by atoms with Crippen molar-refractivity contribution in [2.45, 2.75) is 20.0 Å². The van der Waals surface area contributed by atoms with Crippen molar-refractivity contribution in [2.75, 3.05) is 7.05 Å². The van der Waals surface area contributed by atoms with Crippen LogP contribution in [0.4, 0.5) is 13.2 Å². The number of hydrogen-bond acceptors (Lipinski definition) is 3. The lowest BCUT2D eigenvalue weighted by atomic mass is 10.2. The summed E-state index contributed by atoms with van der Waals surface area (Å²) >= 11 is 0. The Balaban J connectivity index is 0. The fourth-order valence-electron chi connectivity index (χ4n) is 0.779. The minimum atomic E-state index is -4.70. The number of nitriles is 2. The first-order chi connectivity index (χ1) is 9.19. The molecule has 5 nitrogen and oxygen atoms in total. The number of nitrogens with zero attached hydrogens (tertiary/aromatic N) is 4. The molecule has 0 unspecified atom stereocenters. The molecule has 0 aliphatic rings. The van der Waals surface area contributed by atoms with Crippen molar-refractivity contribution in [3.8, 4) is 12.1 Å². The second-order valence-electron chi connectivity index (χ2n) is 3.12. The monoisotopic (exact) mass is 281 g/mol. The van der Waals surface area contributed by atoms with Crippen LogP contribution in [-0.4, -0.2) is 13.2 Å². The lowest BCUT2D eigenvalue weighted by Crippen LogP contribution is -2.11. The maximum atomic E-state index is 11.7. The van der Waals surface area contributed by atoms with Crippen molar-refractivity contribution < 1.29 is 13.2 Å². The highest BCUT2D eigenvalue weighted by Gasteiger charge is 2.35. The van der Waals surface area contributed by atoms with E-state index in [2.05, 4.69) is 15.0 Å². The summed E-state index contributed by atoms with van der Waals surface area (Å²) in [6.07, 6.45) is -4.70. The fourth-order valence-corrected chi connectivity index (χ4v) is 0.779. The second-order valence-corrected chi connectivity index (χ2v) is 3.12. The van der Waals surface area contributed by atoms with Crippen LogP contribution in [0.1, 0.15) is 13.8 Å². The molecule has 0 atom stereocenters. The van der Waals surface area contributed by atoms with Gasteiger partial charge in [0.1, 0.15) is 17.3 Å². The number of alkyl halides is 3. The molecule has 0 aromatic rings. The summed E-state index contributed by atoms with van der Waals surface area (Å²) < 4.78 is 35.2. The van der Waals surface area contributed by atoms with E-state index in [4.69, 9.17) is 23.7 Å². The van der Waals surface area contributed by atoms with E-state index in [9.17, 15) is 13.2 Å². The maximum Gasteiger partial charge on any atom is 0.416 e. The van der Waals surface area contributed by atoms with Gasteiger partial charge in [-0.25, -0.2) is 9.69 Å². The molecule has 1 N–H and O–H groups in total. The average Bonchev–Trinajstić information content (AvgIpc) is 2.39. The summed E-state index contributed by atoms with van der Waals surface area (Å²) in [4.78, 5) is 5.59. The summed E-state index contributed by atoms with van der Waals surface area (Å²) in [7, 11) is 1.62. The Labute approximate surface area is 114 Å². The van der Waals surface area contributed by atoms with E-state index < -0.39 is 17.4 Å². The summed E-state index contributed by atoms with van der Waals surface area (Å²) in [6, 6.07) is 2.79. The molecule has 0 saturated heterocycles. The maximum absolute atomic E-state index is 11.7. The quantitative estimate of drug-likeness (QED) is 0.593. The summed E-state index contributed by atoms with van der Waals surface area (Å²) in [5, 5.41) is 18.9. The van der Waals surface area contributed by atoms with Gasteiger partial charge in [0.05, 0.1) is 19.2 Å². The van der Waals surface area contributed by atoms with Crippen LogP contribution in [0.3, 0.4) is 0 Å². The average molecular weight is 281 g/mol. The van der Waals surface area contributed by atoms with E-state index in [0.717, 1.165) is 13.0 Å². The first kappa shape index (κ1) is 19.4. The highest BCUT2D eigenvalue weighted by molar-refractivity contribution is 5.34. The Kier molecular flexibility index (Phi) is 8.74. The number of allylic oxidation sites excluding steroid dienone is 4. The summed E-state index contributed by atoms with van der Waals surface area (Å²) in [6.45, 7) is 15.3. The van der Waals surface area contributed by atoms with Crippen molar-refractivity contribution in [1.29, 1.82) is 10.5 Å². The Morgan fingerprint density at radius 2 is 1.50 bits per heavy atom. The van der Waals surface area contributed by atoms with Gasteiger partial charge in [0, 0.05) is 7.05 Å². The highest BCUT2D eigenvalue weighted by atomic mass is 19.4. The van der Waals surface area contributed by atoms with Gasteiger partial charge < -0.3 is 5.32 Å². The molecule has 0 aromatic carbocycles. The Hall–Kier alpha value is -2.97. The largest absolute Gasteiger partial charge is 0.416 e. The van der Waals surface area contributed by atoms with Gasteiger partial charge in [-0.05, 0) is 13.8 Å². The second kappa shape index (κ2) is 9.03. The molecule has 0 amide bonds. The molecule has 104 valence electrons. The smallest absolute Gasteiger partial charge is 0.388 e. The third kappa shape index (κ3) is 6.69. The van der Waals surface area contributed by atoms with Gasteiger partial charge >= 0.3 is 6.18 Å². The van der Waals surface area contributed by atoms with Crippen molar-refractivity contribution >= 4 is 0 Å². The van der Waals surface area contributed by atoms with Gasteiger partial charge in [-0.3, -0.25) is 0 Å². The van der Waals surface area contributed by atoms with E-state index in [1.54, 1.807) is 14.0 Å². The molecule has 0 radical (unpaired) electrons. The van der Waals surface area contributed by atoms with Crippen molar-refractivity contribution in [2.24, 2.45) is 0 Å². The molecular weight excluding hydrogens is 271 g/mol. The fraction of sp³-hybridized carbons (Fsp3) is 0.333. The lowest BCUT2D eigenvalue weighted by Gasteiger charge is -2.03. The van der Waals surface area contributed by atoms with Gasteiger partial charge in [0.2, 0.25) is 0 Å². The minimum absolute atomic E-state index is 0.338. The summed E-state index contributed by atoms with van der Waals surface area (Å²) in [5.74, 6) is 0. The Morgan fingerprint density at radius 3 is 1.60 bits per heavy atom. The molecule has 0 spiro atoms. The number of nitrogens with one attached hydrogen (secondary N) is 1. The molecule has 0 fully saturated rings. The highest BCUT2D eigenvalue weighted by Crippen LogP contribution is 2.27. The zero-order valence-corrected chi connectivity index (χ0v) is 10.9. The Morgan fingerprint density at radius 1 is 1.05 bits per heavy atom. The van der Waals surface area contributed by atoms with Gasteiger partial charge in [0.15, 0.2) is 11.4 Å². The first-order valence-corrected chi connectivity index (χ1v) is 4.91. The molecule has 0 heterocycles. The standard InChI is InChI=1S/C6H3F3N2.C6H7N3/c1-4(11-2)5(3-10)6(7,8)9;1-5(8-2)6(4-7)9-3/h1H3;9H,1,3H3/b5-4-;6-5-. The van der Waals surface area contributed by atoms with Crippen LogP contribution in [0.15, 0.2) is 22.7 Å². The van der Waals surface area contributed by atoms with E-state index >= 15 is 0 Å². The van der Waals surface area contributed by atoms with Gasteiger partial charge in [0.25, 0.3) is 0 Å². The molecule has 0 saturated carbocycles. The third-order valence-corrected chi connectivity index (χ3v) is 1.82. The minimum Gasteiger partial charge on any atom is -0.388 e. The zero-order chi connectivity index (χ0) is 16.3. The lowest BCUT2D eigenvalue weighted by molar-refractivity contribution is -0.0879. The van der Waals surface area contributed by atoms with Gasteiger partial charge in [-0.15, -0.1) is 0 Å². The van der Waals surface area contributed by atoms with Gasteiger partial charge in [-0.1, -0.05) is 0 Å². The molecule has 20 heavy (non-hydrogen) atoms. The molecule has 0 rings (SSSR count). The van der Waals surface area contributed by atoms with E-state index in [-0.39, 0.29) is 0 Å². The molecule has 0 aromatic heterocycles. The van der Waals surface area contributed by atoms with Crippen molar-refractivity contribution in [3.63, 3.8) is 0 Å². The summed E-state index contributed by atoms with van der Waals surface area (Å²) in [5.41, 5.74) is -1.31. The van der Waals surface area contributed by atoms with Crippen LogP contribution in [0.25, 0.3) is 9.69 Å². The predicted octanol–water partition coefficient (Wildman–Crippen LogP) is 3.15. The first-order valence-electron chi connectivity index (χ1n) is 4.91. The van der Waals surface area contributed by atoms with Crippen LogP contribution >= 0.6 is 0 Å². The van der Waals surface area contributed by atoms with Crippen LogP contribution in [0, 0.1) is 35.8 Å². The molecule has 8 heteroatoms. The van der Waals surface area contributed by atoms with Gasteiger partial charge in [-0.2, -0.15) is 23.7 Å². The van der Waals surface area contributed by atoms with Crippen molar-refractivity contribution in [3.05, 3.63) is 45.5 Å². The number of rotatable bonds is 1. The third-order valence-electron chi connectivity index (χ3n) is 1.82. The molecule has 0 aliphatic heterocycles. The predicted molar refractivity (Wildman–Crippen MR) is 64.9 cm³/mol. The van der Waals surface area contributed by atoms with Crippen LogP contribution in [0.5, 0.6) is 0 Å². The zero-order valence-electron chi connectivity index (χ0n) is 10.9. The van der Waals surface area contributed by atoms with Crippen LogP contribution in [0.2, 0.25) is 0 Å². The van der Waals surface area contributed by atoms with Crippen LogP contribution < -0.4 is 5.32 Å². The van der Waals surface area contributed by atoms with E-state index in [0.29, 0.717) is 11.4 Å². The Bertz CT molecular complexity index is 571. The SMILES string of the molecule is [C-]#[N+]/C(C)=C(/C#N)C(F)(F)F.[C-]#[N+]/C(C)=C(/C#N)NC. The topological polar surface area (TPSA) is 68.3 Å². The normalized spacial score (nSPS) is 11.9. The molecule has 0 aliphatic carbocycles. The number of hydrogen-bond donors (Lipinski definition) is 1. The van der Waals surface area contributed by atoms with E-state index in [1.807, 2.05) is 6.07 Å². The van der Waals surface area contributed by atoms with E-state index in [1.165, 1.54) is 0 Å².